The highest BCUT2D eigenvalue weighted by molar-refractivity contribution is 14.1. The second-order valence-corrected chi connectivity index (χ2v) is 4.36. The molecule has 1 rings (SSSR count). The average Bonchev–Trinajstić information content (AvgIpc) is 2.25. The van der Waals surface area contributed by atoms with Gasteiger partial charge in [0.2, 0.25) is 0 Å². The molecule has 0 aliphatic rings. The van der Waals surface area contributed by atoms with Crippen molar-refractivity contribution in [1.82, 2.24) is 10.6 Å². The number of hydrogen-bond acceptors (Lipinski definition) is 2. The fraction of sp³-hybridized carbons (Fsp3) is 0.364. The highest BCUT2D eigenvalue weighted by Crippen LogP contribution is 2.06. The van der Waals surface area contributed by atoms with Crippen LogP contribution in [0.25, 0.3) is 0 Å². The van der Waals surface area contributed by atoms with Gasteiger partial charge in [0, 0.05) is 22.2 Å². The number of rotatable bonds is 5. The van der Waals surface area contributed by atoms with Crippen LogP contribution in [-0.4, -0.2) is 25.5 Å². The SMILES string of the molecule is CCNCCNC(=O)c1ccc(I)cc1.Cl. The van der Waals surface area contributed by atoms with Crippen LogP contribution < -0.4 is 10.6 Å². The van der Waals surface area contributed by atoms with Gasteiger partial charge in [0.05, 0.1) is 0 Å². The summed E-state index contributed by atoms with van der Waals surface area (Å²) in [5, 5.41) is 6.00. The molecule has 0 fully saturated rings. The molecule has 5 heteroatoms. The Balaban J connectivity index is 0.00000225. The summed E-state index contributed by atoms with van der Waals surface area (Å²) in [5.74, 6) is -0.00990. The van der Waals surface area contributed by atoms with Crippen molar-refractivity contribution in [3.8, 4) is 0 Å². The summed E-state index contributed by atoms with van der Waals surface area (Å²) >= 11 is 2.22. The van der Waals surface area contributed by atoms with E-state index >= 15 is 0 Å². The first-order valence-corrected chi connectivity index (χ1v) is 6.06. The molecule has 0 aliphatic carbocycles. The van der Waals surface area contributed by atoms with E-state index in [-0.39, 0.29) is 18.3 Å². The number of halogens is 2. The minimum atomic E-state index is -0.00990. The Morgan fingerprint density at radius 2 is 1.88 bits per heavy atom. The molecule has 2 N–H and O–H groups in total. The van der Waals surface area contributed by atoms with Gasteiger partial charge < -0.3 is 10.6 Å². The molecule has 0 aromatic heterocycles. The van der Waals surface area contributed by atoms with Crippen molar-refractivity contribution in [3.63, 3.8) is 0 Å². The van der Waals surface area contributed by atoms with Crippen molar-refractivity contribution in [2.24, 2.45) is 0 Å². The van der Waals surface area contributed by atoms with Gasteiger partial charge >= 0.3 is 0 Å². The van der Waals surface area contributed by atoms with Crippen LogP contribution in [0.15, 0.2) is 24.3 Å². The number of carbonyl (C=O) groups excluding carboxylic acids is 1. The van der Waals surface area contributed by atoms with Crippen molar-refractivity contribution in [2.75, 3.05) is 19.6 Å². The summed E-state index contributed by atoms with van der Waals surface area (Å²) in [6, 6.07) is 7.54. The predicted molar refractivity (Wildman–Crippen MR) is 77.3 cm³/mol. The summed E-state index contributed by atoms with van der Waals surface area (Å²) in [6.45, 7) is 4.45. The van der Waals surface area contributed by atoms with Crippen LogP contribution in [0.2, 0.25) is 0 Å². The van der Waals surface area contributed by atoms with Crippen LogP contribution in [-0.2, 0) is 0 Å². The molecule has 0 spiro atoms. The first-order valence-electron chi connectivity index (χ1n) is 4.98. The molecular weight excluding hydrogens is 338 g/mol. The van der Waals surface area contributed by atoms with E-state index in [0.717, 1.165) is 16.7 Å². The summed E-state index contributed by atoms with van der Waals surface area (Å²) < 4.78 is 1.14. The zero-order chi connectivity index (χ0) is 11.1. The molecule has 0 aliphatic heterocycles. The highest BCUT2D eigenvalue weighted by atomic mass is 127. The normalized spacial score (nSPS) is 9.38. The van der Waals surface area contributed by atoms with Gasteiger partial charge in [-0.2, -0.15) is 0 Å². The van der Waals surface area contributed by atoms with Crippen LogP contribution in [0, 0.1) is 3.57 Å². The third-order valence-corrected chi connectivity index (χ3v) is 2.66. The Hall–Kier alpha value is -0.330. The lowest BCUT2D eigenvalue weighted by Gasteiger charge is -2.05. The Kier molecular flexibility index (Phi) is 8.60. The van der Waals surface area contributed by atoms with Gasteiger partial charge in [-0.05, 0) is 53.4 Å². The van der Waals surface area contributed by atoms with Crippen molar-refractivity contribution in [3.05, 3.63) is 33.4 Å². The number of benzene rings is 1. The Bertz CT molecular complexity index is 316. The molecule has 0 saturated carbocycles. The van der Waals surface area contributed by atoms with E-state index in [0.29, 0.717) is 12.1 Å². The van der Waals surface area contributed by atoms with Crippen molar-refractivity contribution in [1.29, 1.82) is 0 Å². The van der Waals surface area contributed by atoms with Gasteiger partial charge in [0.15, 0.2) is 0 Å². The van der Waals surface area contributed by atoms with Gasteiger partial charge in [0.1, 0.15) is 0 Å². The van der Waals surface area contributed by atoms with Crippen LogP contribution in [0.5, 0.6) is 0 Å². The van der Waals surface area contributed by atoms with Crippen molar-refractivity contribution < 1.29 is 4.79 Å². The van der Waals surface area contributed by atoms with E-state index in [2.05, 4.69) is 33.2 Å². The zero-order valence-electron chi connectivity index (χ0n) is 9.13. The first-order chi connectivity index (χ1) is 7.24. The number of nitrogens with one attached hydrogen (secondary N) is 2. The van der Waals surface area contributed by atoms with E-state index in [1.165, 1.54) is 0 Å². The van der Waals surface area contributed by atoms with E-state index in [1.807, 2.05) is 31.2 Å². The molecule has 90 valence electrons. The molecule has 1 amide bonds. The molecule has 0 radical (unpaired) electrons. The smallest absolute Gasteiger partial charge is 0.251 e. The monoisotopic (exact) mass is 354 g/mol. The summed E-state index contributed by atoms with van der Waals surface area (Å²) in [4.78, 5) is 11.6. The van der Waals surface area contributed by atoms with Gasteiger partial charge in [-0.3, -0.25) is 4.79 Å². The topological polar surface area (TPSA) is 41.1 Å². The molecule has 3 nitrogen and oxygen atoms in total. The summed E-state index contributed by atoms with van der Waals surface area (Å²) in [5.41, 5.74) is 0.715. The number of likely N-dealkylation sites (N-methyl/N-ethyl adjacent to an activating group) is 1. The second-order valence-electron chi connectivity index (χ2n) is 3.12. The summed E-state index contributed by atoms with van der Waals surface area (Å²) in [7, 11) is 0. The standard InChI is InChI=1S/C11H15IN2O.ClH/c1-2-13-7-8-14-11(15)9-3-5-10(12)6-4-9;/h3-6,13H,2,7-8H2,1H3,(H,14,15);1H. The fourth-order valence-electron chi connectivity index (χ4n) is 1.14. The maximum absolute atomic E-state index is 11.6. The van der Waals surface area contributed by atoms with Crippen LogP contribution in [0.3, 0.4) is 0 Å². The first kappa shape index (κ1) is 15.7. The van der Waals surface area contributed by atoms with E-state index in [4.69, 9.17) is 0 Å². The molecular formula is C11H16ClIN2O. The minimum absolute atomic E-state index is 0. The van der Waals surface area contributed by atoms with Gasteiger partial charge in [0.25, 0.3) is 5.91 Å². The van der Waals surface area contributed by atoms with E-state index in [9.17, 15) is 4.79 Å². The third-order valence-electron chi connectivity index (χ3n) is 1.94. The number of hydrogen-bond donors (Lipinski definition) is 2. The number of amides is 1. The van der Waals surface area contributed by atoms with Crippen LogP contribution in [0.4, 0.5) is 0 Å². The molecule has 0 saturated heterocycles. The fourth-order valence-corrected chi connectivity index (χ4v) is 1.50. The van der Waals surface area contributed by atoms with Gasteiger partial charge in [-0.25, -0.2) is 0 Å². The lowest BCUT2D eigenvalue weighted by atomic mass is 10.2. The second kappa shape index (κ2) is 8.78. The Morgan fingerprint density at radius 1 is 1.25 bits per heavy atom. The van der Waals surface area contributed by atoms with Crippen molar-refractivity contribution >= 4 is 40.9 Å². The van der Waals surface area contributed by atoms with Crippen molar-refractivity contribution in [2.45, 2.75) is 6.92 Å². The highest BCUT2D eigenvalue weighted by Gasteiger charge is 2.02. The molecule has 0 bridgehead atoms. The van der Waals surface area contributed by atoms with Crippen LogP contribution in [0.1, 0.15) is 17.3 Å². The molecule has 0 atom stereocenters. The maximum Gasteiger partial charge on any atom is 0.251 e. The zero-order valence-corrected chi connectivity index (χ0v) is 12.1. The van der Waals surface area contributed by atoms with Crippen LogP contribution >= 0.6 is 35.0 Å². The molecule has 0 heterocycles. The quantitative estimate of drug-likeness (QED) is 0.628. The van der Waals surface area contributed by atoms with Gasteiger partial charge in [-0.15, -0.1) is 12.4 Å². The molecule has 16 heavy (non-hydrogen) atoms. The summed E-state index contributed by atoms with van der Waals surface area (Å²) in [6.07, 6.45) is 0. The van der Waals surface area contributed by atoms with E-state index < -0.39 is 0 Å². The predicted octanol–water partition coefficient (Wildman–Crippen LogP) is 2.05. The molecule has 1 aromatic carbocycles. The average molecular weight is 355 g/mol. The Morgan fingerprint density at radius 3 is 2.44 bits per heavy atom. The maximum atomic E-state index is 11.6. The molecule has 1 aromatic rings. The van der Waals surface area contributed by atoms with E-state index in [1.54, 1.807) is 0 Å². The van der Waals surface area contributed by atoms with Gasteiger partial charge in [-0.1, -0.05) is 6.92 Å². The molecule has 0 unspecified atom stereocenters. The number of carbonyl (C=O) groups is 1. The third kappa shape index (κ3) is 5.67. The minimum Gasteiger partial charge on any atom is -0.351 e. The lowest BCUT2D eigenvalue weighted by molar-refractivity contribution is 0.0954. The largest absolute Gasteiger partial charge is 0.351 e. The Labute approximate surface area is 116 Å². The lowest BCUT2D eigenvalue weighted by Crippen LogP contribution is -2.31.